The highest BCUT2D eigenvalue weighted by molar-refractivity contribution is 5.90. The fourth-order valence-corrected chi connectivity index (χ4v) is 2.58. The highest BCUT2D eigenvalue weighted by Gasteiger charge is 2.12. The van der Waals surface area contributed by atoms with Crippen LogP contribution in [-0.2, 0) is 11.3 Å². The number of carbonyl (C=O) groups excluding carboxylic acids is 1. The molecule has 3 N–H and O–H groups in total. The van der Waals surface area contributed by atoms with Gasteiger partial charge < -0.3 is 27.7 Å². The number of quaternary nitrogens is 1. The summed E-state index contributed by atoms with van der Waals surface area (Å²) in [6.07, 6.45) is 0.441. The number of aryl methyl sites for hydroxylation is 1. The van der Waals surface area contributed by atoms with Crippen molar-refractivity contribution in [1.29, 1.82) is 0 Å². The highest BCUT2D eigenvalue weighted by Crippen LogP contribution is 2.09. The molecule has 2 rings (SSSR count). The van der Waals surface area contributed by atoms with Gasteiger partial charge in [-0.05, 0) is 24.6 Å². The van der Waals surface area contributed by atoms with Gasteiger partial charge in [0.15, 0.2) is 0 Å². The van der Waals surface area contributed by atoms with Crippen LogP contribution < -0.4 is 22.6 Å². The molecule has 0 bridgehead atoms. The smallest absolute Gasteiger partial charge is 0.230 e. The van der Waals surface area contributed by atoms with E-state index < -0.39 is 0 Å². The second-order valence-corrected chi connectivity index (χ2v) is 5.80. The first-order chi connectivity index (χ1) is 11.2. The quantitative estimate of drug-likeness (QED) is 0.538. The molecule has 0 aliphatic rings. The van der Waals surface area contributed by atoms with E-state index in [4.69, 9.17) is 0 Å². The summed E-state index contributed by atoms with van der Waals surface area (Å²) in [5, 5.41) is 12.2. The molecule has 130 valence electrons. The molecule has 1 unspecified atom stereocenters. The predicted molar refractivity (Wildman–Crippen MR) is 92.4 cm³/mol. The average Bonchev–Trinajstić information content (AvgIpc) is 2.54. The van der Waals surface area contributed by atoms with Gasteiger partial charge in [0.1, 0.15) is 13.1 Å². The van der Waals surface area contributed by atoms with Crippen molar-refractivity contribution in [3.8, 4) is 0 Å². The number of aliphatic hydroxyl groups is 1. The fraction of sp³-hybridized carbons (Fsp3) is 0.316. The standard InChI is InChI=1S/C19H24N2O2.ClH/c1-16-6-5-9-18(14-16)20-19(23)10-11-21(12-13-22)15-17-7-3-2-4-8-17;/h2-9,14,22H,10-13,15H2,1H3,(H,20,23);1H. The van der Waals surface area contributed by atoms with E-state index >= 15 is 0 Å². The van der Waals surface area contributed by atoms with E-state index in [9.17, 15) is 9.90 Å². The molecule has 0 aliphatic heterocycles. The first-order valence-corrected chi connectivity index (χ1v) is 8.02. The number of aliphatic hydroxyl groups excluding tert-OH is 1. The van der Waals surface area contributed by atoms with Crippen LogP contribution in [0.2, 0.25) is 0 Å². The number of anilines is 1. The Labute approximate surface area is 149 Å². The van der Waals surface area contributed by atoms with E-state index in [1.165, 1.54) is 10.5 Å². The zero-order chi connectivity index (χ0) is 16.5. The van der Waals surface area contributed by atoms with E-state index in [1.54, 1.807) is 0 Å². The van der Waals surface area contributed by atoms with E-state index in [0.717, 1.165) is 17.8 Å². The Morgan fingerprint density at radius 2 is 1.83 bits per heavy atom. The van der Waals surface area contributed by atoms with Crippen molar-refractivity contribution in [2.75, 3.05) is 25.0 Å². The molecule has 0 radical (unpaired) electrons. The number of hydrogen-bond donors (Lipinski definition) is 3. The third-order valence-corrected chi connectivity index (χ3v) is 3.77. The van der Waals surface area contributed by atoms with E-state index in [2.05, 4.69) is 17.4 Å². The van der Waals surface area contributed by atoms with Gasteiger partial charge in [-0.25, -0.2) is 0 Å². The van der Waals surface area contributed by atoms with Crippen LogP contribution in [0, 0.1) is 6.92 Å². The van der Waals surface area contributed by atoms with Crippen molar-refractivity contribution in [2.24, 2.45) is 0 Å². The number of benzene rings is 2. The minimum Gasteiger partial charge on any atom is -1.00 e. The summed E-state index contributed by atoms with van der Waals surface area (Å²) in [4.78, 5) is 13.3. The third kappa shape index (κ3) is 7.13. The zero-order valence-electron chi connectivity index (χ0n) is 14.0. The first-order valence-electron chi connectivity index (χ1n) is 8.02. The lowest BCUT2D eigenvalue weighted by Gasteiger charge is -2.18. The maximum absolute atomic E-state index is 12.1. The fourth-order valence-electron chi connectivity index (χ4n) is 2.58. The van der Waals surface area contributed by atoms with Crippen LogP contribution in [0.15, 0.2) is 54.6 Å². The van der Waals surface area contributed by atoms with Crippen molar-refractivity contribution in [1.82, 2.24) is 0 Å². The predicted octanol–water partition coefficient (Wildman–Crippen LogP) is -1.59. The Balaban J connectivity index is 0.00000288. The lowest BCUT2D eigenvalue weighted by Crippen LogP contribution is -3.11. The maximum atomic E-state index is 12.1. The molecule has 0 aliphatic carbocycles. The average molecular weight is 349 g/mol. The molecule has 1 amide bonds. The van der Waals surface area contributed by atoms with Gasteiger partial charge >= 0.3 is 0 Å². The summed E-state index contributed by atoms with van der Waals surface area (Å²) in [6.45, 7) is 4.29. The summed E-state index contributed by atoms with van der Waals surface area (Å²) in [5.74, 6) is 0.0131. The monoisotopic (exact) mass is 348 g/mol. The van der Waals surface area contributed by atoms with Crippen molar-refractivity contribution in [2.45, 2.75) is 19.9 Å². The summed E-state index contributed by atoms with van der Waals surface area (Å²) >= 11 is 0. The number of rotatable bonds is 8. The van der Waals surface area contributed by atoms with Crippen LogP contribution >= 0.6 is 0 Å². The molecule has 1 atom stereocenters. The lowest BCUT2D eigenvalue weighted by atomic mass is 10.2. The molecule has 0 aromatic heterocycles. The Morgan fingerprint density at radius 1 is 1.08 bits per heavy atom. The lowest BCUT2D eigenvalue weighted by molar-refractivity contribution is -0.913. The number of halogens is 1. The normalized spacial score (nSPS) is 11.4. The molecule has 0 heterocycles. The van der Waals surface area contributed by atoms with E-state index in [0.29, 0.717) is 19.5 Å². The number of amides is 1. The van der Waals surface area contributed by atoms with Crippen LogP contribution in [0.3, 0.4) is 0 Å². The van der Waals surface area contributed by atoms with Gasteiger partial charge in [-0.2, -0.15) is 0 Å². The van der Waals surface area contributed by atoms with Crippen molar-refractivity contribution in [3.63, 3.8) is 0 Å². The Kier molecular flexibility index (Phi) is 9.08. The van der Waals surface area contributed by atoms with Crippen LogP contribution in [0.1, 0.15) is 17.5 Å². The number of hydrogen-bond acceptors (Lipinski definition) is 2. The Morgan fingerprint density at radius 3 is 2.50 bits per heavy atom. The Bertz CT molecular complexity index is 620. The van der Waals surface area contributed by atoms with Gasteiger partial charge in [-0.15, -0.1) is 0 Å². The first kappa shape index (κ1) is 20.2. The summed E-state index contributed by atoms with van der Waals surface area (Å²) < 4.78 is 0. The van der Waals surface area contributed by atoms with Gasteiger partial charge in [-0.1, -0.05) is 42.5 Å². The minimum atomic E-state index is 0. The van der Waals surface area contributed by atoms with Crippen molar-refractivity contribution in [3.05, 3.63) is 65.7 Å². The van der Waals surface area contributed by atoms with Gasteiger partial charge in [-0.3, -0.25) is 4.79 Å². The summed E-state index contributed by atoms with van der Waals surface area (Å²) in [7, 11) is 0. The van der Waals surface area contributed by atoms with Gasteiger partial charge in [0.25, 0.3) is 0 Å². The van der Waals surface area contributed by atoms with Gasteiger partial charge in [0, 0.05) is 11.3 Å². The van der Waals surface area contributed by atoms with Gasteiger partial charge in [0.2, 0.25) is 5.91 Å². The molecular formula is C19H25ClN2O2. The van der Waals surface area contributed by atoms with E-state index in [-0.39, 0.29) is 24.9 Å². The summed E-state index contributed by atoms with van der Waals surface area (Å²) in [6, 6.07) is 17.9. The molecule has 0 saturated carbocycles. The highest BCUT2D eigenvalue weighted by atomic mass is 35.5. The van der Waals surface area contributed by atoms with Crippen molar-refractivity contribution < 1.29 is 27.2 Å². The molecule has 0 saturated heterocycles. The molecule has 0 spiro atoms. The maximum Gasteiger partial charge on any atom is 0.230 e. The number of carbonyl (C=O) groups is 1. The van der Waals surface area contributed by atoms with Crippen LogP contribution in [0.5, 0.6) is 0 Å². The molecule has 5 heteroatoms. The molecule has 24 heavy (non-hydrogen) atoms. The van der Waals surface area contributed by atoms with Crippen LogP contribution in [-0.4, -0.2) is 30.7 Å². The van der Waals surface area contributed by atoms with Crippen molar-refractivity contribution >= 4 is 11.6 Å². The van der Waals surface area contributed by atoms with Crippen LogP contribution in [0.25, 0.3) is 0 Å². The number of nitrogens with one attached hydrogen (secondary N) is 2. The molecule has 0 fully saturated rings. The zero-order valence-corrected chi connectivity index (χ0v) is 14.7. The van der Waals surface area contributed by atoms with Crippen LogP contribution in [0.4, 0.5) is 5.69 Å². The molecule has 4 nitrogen and oxygen atoms in total. The second-order valence-electron chi connectivity index (χ2n) is 5.80. The van der Waals surface area contributed by atoms with Gasteiger partial charge in [0.05, 0.1) is 19.6 Å². The largest absolute Gasteiger partial charge is 1.00 e. The molecule has 2 aromatic carbocycles. The summed E-state index contributed by atoms with van der Waals surface area (Å²) in [5.41, 5.74) is 3.18. The molecular weight excluding hydrogens is 324 g/mol. The SMILES string of the molecule is Cc1cccc(NC(=O)CC[NH+](CCO)Cc2ccccc2)c1.[Cl-]. The third-order valence-electron chi connectivity index (χ3n) is 3.77. The topological polar surface area (TPSA) is 53.8 Å². The minimum absolute atomic E-state index is 0. The van der Waals surface area contributed by atoms with E-state index in [1.807, 2.05) is 49.4 Å². The Hall–Kier alpha value is -1.88. The molecule has 2 aromatic rings. The second kappa shape index (κ2) is 10.8.